The molecule has 1 saturated carbocycles. The van der Waals surface area contributed by atoms with E-state index in [0.717, 1.165) is 48.6 Å². The van der Waals surface area contributed by atoms with E-state index < -0.39 is 0 Å². The number of nitrogens with zero attached hydrogens (tertiary/aromatic N) is 2. The second-order valence-electron chi connectivity index (χ2n) is 11.0. The van der Waals surface area contributed by atoms with Gasteiger partial charge < -0.3 is 10.2 Å². The van der Waals surface area contributed by atoms with Crippen molar-refractivity contribution in [1.82, 2.24) is 10.2 Å². The second kappa shape index (κ2) is 8.88. The van der Waals surface area contributed by atoms with Gasteiger partial charge in [0.2, 0.25) is 5.91 Å². The van der Waals surface area contributed by atoms with Crippen LogP contribution in [0.2, 0.25) is 5.02 Å². The summed E-state index contributed by atoms with van der Waals surface area (Å²) >= 11 is 6.28. The average Bonchev–Trinajstić information content (AvgIpc) is 3.62. The lowest BCUT2D eigenvalue weighted by Crippen LogP contribution is -2.40. The molecule has 2 aromatic carbocycles. The van der Waals surface area contributed by atoms with E-state index in [0.29, 0.717) is 19.5 Å². The van der Waals surface area contributed by atoms with Crippen molar-refractivity contribution in [2.24, 2.45) is 4.99 Å². The number of amidine groups is 1. The molecule has 0 atom stereocenters. The highest BCUT2D eigenvalue weighted by Gasteiger charge is 2.50. The summed E-state index contributed by atoms with van der Waals surface area (Å²) < 4.78 is 0. The van der Waals surface area contributed by atoms with Crippen LogP contribution in [-0.2, 0) is 22.0 Å². The van der Waals surface area contributed by atoms with Crippen LogP contribution in [0.5, 0.6) is 0 Å². The average molecular weight is 476 g/mol. The van der Waals surface area contributed by atoms with E-state index in [1.165, 1.54) is 22.4 Å². The Hall–Kier alpha value is -2.59. The number of amides is 1. The van der Waals surface area contributed by atoms with Crippen LogP contribution >= 0.6 is 11.6 Å². The third-order valence-corrected chi connectivity index (χ3v) is 7.68. The van der Waals surface area contributed by atoms with Gasteiger partial charge in [0, 0.05) is 23.8 Å². The zero-order valence-electron chi connectivity index (χ0n) is 20.5. The maximum absolute atomic E-state index is 13.2. The quantitative estimate of drug-likeness (QED) is 0.608. The monoisotopic (exact) mass is 475 g/mol. The normalized spacial score (nSPS) is 19.6. The first kappa shape index (κ1) is 23.2. The summed E-state index contributed by atoms with van der Waals surface area (Å²) in [6, 6.07) is 16.7. The van der Waals surface area contributed by atoms with E-state index in [4.69, 9.17) is 16.6 Å². The minimum atomic E-state index is -0.0245. The molecule has 0 aromatic heterocycles. The third kappa shape index (κ3) is 4.65. The third-order valence-electron chi connectivity index (χ3n) is 7.44. The predicted molar refractivity (Wildman–Crippen MR) is 139 cm³/mol. The molecule has 0 saturated heterocycles. The Morgan fingerprint density at radius 3 is 2.68 bits per heavy atom. The zero-order chi connectivity index (χ0) is 23.9. The van der Waals surface area contributed by atoms with Gasteiger partial charge in [0.25, 0.3) is 0 Å². The number of carbonyl (C=O) groups is 1. The smallest absolute Gasteiger partial charge is 0.227 e. The van der Waals surface area contributed by atoms with Crippen molar-refractivity contribution in [2.75, 3.05) is 19.6 Å². The molecule has 178 valence electrons. The van der Waals surface area contributed by atoms with E-state index in [2.05, 4.69) is 62.5 Å². The molecule has 2 heterocycles. The van der Waals surface area contributed by atoms with Crippen molar-refractivity contribution in [3.8, 4) is 0 Å². The lowest BCUT2D eigenvalue weighted by molar-refractivity contribution is -0.130. The summed E-state index contributed by atoms with van der Waals surface area (Å²) in [7, 11) is 0. The Labute approximate surface area is 208 Å². The molecule has 1 fully saturated rings. The molecule has 0 bridgehead atoms. The van der Waals surface area contributed by atoms with E-state index in [-0.39, 0.29) is 16.7 Å². The first-order valence-electron chi connectivity index (χ1n) is 12.4. The Morgan fingerprint density at radius 1 is 1.15 bits per heavy atom. The van der Waals surface area contributed by atoms with E-state index >= 15 is 0 Å². The van der Waals surface area contributed by atoms with Crippen molar-refractivity contribution >= 4 is 23.3 Å². The summed E-state index contributed by atoms with van der Waals surface area (Å²) in [5, 5.41) is 4.47. The Morgan fingerprint density at radius 2 is 1.94 bits per heavy atom. The molecule has 2 aliphatic heterocycles. The van der Waals surface area contributed by atoms with Crippen molar-refractivity contribution in [1.29, 1.82) is 0 Å². The van der Waals surface area contributed by atoms with Crippen molar-refractivity contribution in [3.05, 3.63) is 81.5 Å². The number of benzene rings is 2. The molecule has 0 unspecified atom stereocenters. The molecule has 4 nitrogen and oxygen atoms in total. The Bertz CT molecular complexity index is 1170. The fourth-order valence-electron chi connectivity index (χ4n) is 5.17. The maximum atomic E-state index is 13.2. The van der Waals surface area contributed by atoms with Crippen LogP contribution in [0.3, 0.4) is 0 Å². The summed E-state index contributed by atoms with van der Waals surface area (Å²) in [4.78, 5) is 20.2. The maximum Gasteiger partial charge on any atom is 0.227 e. The predicted octanol–water partition coefficient (Wildman–Crippen LogP) is 5.79. The summed E-state index contributed by atoms with van der Waals surface area (Å²) in [5.41, 5.74) is 6.18. The van der Waals surface area contributed by atoms with Gasteiger partial charge in [0.1, 0.15) is 5.84 Å². The van der Waals surface area contributed by atoms with Crippen molar-refractivity contribution in [3.63, 3.8) is 0 Å². The minimum Gasteiger partial charge on any atom is -0.347 e. The van der Waals surface area contributed by atoms with Gasteiger partial charge in [-0.25, -0.2) is 0 Å². The molecule has 1 amide bonds. The molecular formula is C29H34ClN3O. The van der Waals surface area contributed by atoms with Crippen LogP contribution in [0.4, 0.5) is 0 Å². The topological polar surface area (TPSA) is 44.7 Å². The number of hydrogen-bond donors (Lipinski definition) is 1. The number of hydrogen-bond acceptors (Lipinski definition) is 3. The number of carbonyl (C=O) groups excluding carboxylic acids is 1. The highest BCUT2D eigenvalue weighted by molar-refractivity contribution is 6.30. The highest BCUT2D eigenvalue weighted by Crippen LogP contribution is 2.50. The second-order valence-corrected chi connectivity index (χ2v) is 11.4. The lowest BCUT2D eigenvalue weighted by atomic mass is 9.86. The fourth-order valence-corrected chi connectivity index (χ4v) is 5.36. The van der Waals surface area contributed by atoms with E-state index in [1.807, 2.05) is 17.0 Å². The highest BCUT2D eigenvalue weighted by atomic mass is 35.5. The van der Waals surface area contributed by atoms with Crippen LogP contribution in [0.15, 0.2) is 64.8 Å². The Balaban J connectivity index is 1.28. The minimum absolute atomic E-state index is 0.0245. The Kier molecular flexibility index (Phi) is 6.05. The van der Waals surface area contributed by atoms with Gasteiger partial charge in [0.05, 0.1) is 18.4 Å². The fraction of sp³-hybridized carbons (Fsp3) is 0.448. The first-order chi connectivity index (χ1) is 16.2. The van der Waals surface area contributed by atoms with Gasteiger partial charge in [-0.15, -0.1) is 0 Å². The van der Waals surface area contributed by atoms with Crippen molar-refractivity contribution in [2.45, 2.75) is 63.7 Å². The van der Waals surface area contributed by atoms with E-state index in [9.17, 15) is 4.79 Å². The van der Waals surface area contributed by atoms with Gasteiger partial charge in [-0.3, -0.25) is 9.79 Å². The largest absolute Gasteiger partial charge is 0.347 e. The van der Waals surface area contributed by atoms with E-state index in [1.54, 1.807) is 0 Å². The number of allylic oxidation sites excluding steroid dienone is 1. The molecule has 1 aliphatic carbocycles. The summed E-state index contributed by atoms with van der Waals surface area (Å²) in [6.07, 6.45) is 4.58. The number of rotatable bonds is 4. The van der Waals surface area contributed by atoms with Crippen LogP contribution in [-0.4, -0.2) is 36.3 Å². The van der Waals surface area contributed by atoms with Gasteiger partial charge in [0.15, 0.2) is 0 Å². The number of halogens is 1. The van der Waals surface area contributed by atoms with Crippen LogP contribution in [0.25, 0.3) is 0 Å². The van der Waals surface area contributed by atoms with Crippen LogP contribution < -0.4 is 5.32 Å². The van der Waals surface area contributed by atoms with Gasteiger partial charge in [-0.05, 0) is 65.5 Å². The molecule has 34 heavy (non-hydrogen) atoms. The molecular weight excluding hydrogens is 442 g/mol. The standard InChI is InChI=1S/C29H34ClN3O/c1-28(2,3)22-8-4-7-20(15-22)16-26(34)33-14-6-11-25-21(19-33)18-31-27(32-25)29(12-13-29)23-9-5-10-24(30)17-23/h4-5,7-10,15,17H,6,11-14,16,18-19H2,1-3H3,(H,31,32). The lowest BCUT2D eigenvalue weighted by Gasteiger charge is -2.28. The van der Waals surface area contributed by atoms with Crippen molar-refractivity contribution < 1.29 is 4.79 Å². The molecule has 2 aromatic rings. The molecule has 0 spiro atoms. The van der Waals surface area contributed by atoms with Crippen LogP contribution in [0, 0.1) is 0 Å². The molecule has 3 aliphatic rings. The number of nitrogens with one attached hydrogen (secondary N) is 1. The summed E-state index contributed by atoms with van der Waals surface area (Å²) in [6.45, 7) is 8.75. The number of aliphatic imine (C=N–C) groups is 1. The molecule has 5 rings (SSSR count). The van der Waals surface area contributed by atoms with Crippen LogP contribution in [0.1, 0.15) is 63.1 Å². The van der Waals surface area contributed by atoms with Gasteiger partial charge in [-0.1, -0.05) is 68.8 Å². The molecule has 5 heteroatoms. The summed E-state index contributed by atoms with van der Waals surface area (Å²) in [5.74, 6) is 1.28. The first-order valence-corrected chi connectivity index (χ1v) is 12.8. The molecule has 1 N–H and O–H groups in total. The van der Waals surface area contributed by atoms with Gasteiger partial charge >= 0.3 is 0 Å². The van der Waals surface area contributed by atoms with Gasteiger partial charge in [-0.2, -0.15) is 0 Å². The molecule has 0 radical (unpaired) electrons. The SMILES string of the molecule is CC(C)(C)c1cccc(CC(=O)N2CCCC3=C(CN=C(C4(c5cccc(Cl)c5)CC4)N3)C2)c1. The zero-order valence-corrected chi connectivity index (χ0v) is 21.2.